The number of carbonyl (C=O) groups excluding carboxylic acids is 1. The fourth-order valence-corrected chi connectivity index (χ4v) is 2.41. The first-order valence-electron chi connectivity index (χ1n) is 9.55. The number of carbonyl (C=O) groups is 1. The highest BCUT2D eigenvalue weighted by molar-refractivity contribution is 5.67. The molecular formula is C19H40N2O2. The summed E-state index contributed by atoms with van der Waals surface area (Å²) in [6.07, 6.45) is 11.4. The molecule has 0 bridgehead atoms. The van der Waals surface area contributed by atoms with Crippen LogP contribution in [0.25, 0.3) is 0 Å². The van der Waals surface area contributed by atoms with Crippen LogP contribution in [0.4, 0.5) is 4.79 Å². The number of amides is 1. The zero-order valence-corrected chi connectivity index (χ0v) is 16.2. The third-order valence-electron chi connectivity index (χ3n) is 3.72. The van der Waals surface area contributed by atoms with E-state index in [0.717, 1.165) is 19.5 Å². The van der Waals surface area contributed by atoms with Crippen molar-refractivity contribution in [1.29, 1.82) is 0 Å². The zero-order valence-electron chi connectivity index (χ0n) is 16.2. The predicted molar refractivity (Wildman–Crippen MR) is 98.9 cm³/mol. The lowest BCUT2D eigenvalue weighted by Gasteiger charge is -2.22. The highest BCUT2D eigenvalue weighted by atomic mass is 16.6. The second-order valence-electron chi connectivity index (χ2n) is 7.56. The van der Waals surface area contributed by atoms with Gasteiger partial charge in [-0.15, -0.1) is 0 Å². The monoisotopic (exact) mass is 328 g/mol. The molecule has 1 atom stereocenters. The van der Waals surface area contributed by atoms with Gasteiger partial charge in [-0.1, -0.05) is 51.9 Å². The maximum atomic E-state index is 11.6. The Balaban J connectivity index is 3.36. The van der Waals surface area contributed by atoms with Gasteiger partial charge in [-0.25, -0.2) is 4.79 Å². The number of ether oxygens (including phenoxy) is 1. The van der Waals surface area contributed by atoms with Crippen molar-refractivity contribution >= 4 is 6.09 Å². The molecule has 23 heavy (non-hydrogen) atoms. The molecule has 0 aromatic rings. The van der Waals surface area contributed by atoms with Crippen LogP contribution < -0.4 is 10.6 Å². The maximum absolute atomic E-state index is 11.6. The first-order valence-corrected chi connectivity index (χ1v) is 9.55. The van der Waals surface area contributed by atoms with Gasteiger partial charge in [0.25, 0.3) is 0 Å². The van der Waals surface area contributed by atoms with E-state index >= 15 is 0 Å². The Bertz CT molecular complexity index is 288. The summed E-state index contributed by atoms with van der Waals surface area (Å²) in [5.41, 5.74) is -0.432. The number of nitrogens with one attached hydrogen (secondary N) is 2. The van der Waals surface area contributed by atoms with Gasteiger partial charge in [-0.05, 0) is 53.6 Å². The summed E-state index contributed by atoms with van der Waals surface area (Å²) in [6.45, 7) is 11.9. The standard InChI is InChI=1S/C19H40N2O2/c1-6-7-8-9-10-11-12-13-15-20-16-14-17(2)21-18(22)23-19(3,4)5/h17,20H,6-16H2,1-5H3,(H,21,22). The van der Waals surface area contributed by atoms with Crippen LogP contribution >= 0.6 is 0 Å². The molecule has 0 aliphatic carbocycles. The molecule has 0 saturated carbocycles. The van der Waals surface area contributed by atoms with Crippen LogP contribution in [0.2, 0.25) is 0 Å². The fraction of sp³-hybridized carbons (Fsp3) is 0.947. The summed E-state index contributed by atoms with van der Waals surface area (Å²) < 4.78 is 5.24. The largest absolute Gasteiger partial charge is 0.444 e. The minimum absolute atomic E-state index is 0.135. The van der Waals surface area contributed by atoms with Crippen LogP contribution in [0.3, 0.4) is 0 Å². The van der Waals surface area contributed by atoms with Gasteiger partial charge in [0.2, 0.25) is 0 Å². The molecule has 0 spiro atoms. The molecule has 138 valence electrons. The van der Waals surface area contributed by atoms with E-state index in [0.29, 0.717) is 0 Å². The molecule has 1 unspecified atom stereocenters. The van der Waals surface area contributed by atoms with E-state index in [9.17, 15) is 4.79 Å². The highest BCUT2D eigenvalue weighted by Gasteiger charge is 2.17. The summed E-state index contributed by atoms with van der Waals surface area (Å²) in [4.78, 5) is 11.6. The quantitative estimate of drug-likeness (QED) is 0.467. The number of hydrogen-bond acceptors (Lipinski definition) is 3. The molecule has 0 fully saturated rings. The molecule has 0 heterocycles. The summed E-state index contributed by atoms with van der Waals surface area (Å²) in [7, 11) is 0. The van der Waals surface area contributed by atoms with Gasteiger partial charge in [0.05, 0.1) is 0 Å². The third kappa shape index (κ3) is 17.4. The van der Waals surface area contributed by atoms with Crippen molar-refractivity contribution < 1.29 is 9.53 Å². The van der Waals surface area contributed by atoms with Crippen molar-refractivity contribution in [2.45, 2.75) is 104 Å². The molecule has 0 aliphatic heterocycles. The van der Waals surface area contributed by atoms with E-state index in [2.05, 4.69) is 17.6 Å². The van der Waals surface area contributed by atoms with Crippen LogP contribution in [0.5, 0.6) is 0 Å². The maximum Gasteiger partial charge on any atom is 0.407 e. The van der Waals surface area contributed by atoms with E-state index in [4.69, 9.17) is 4.74 Å². The molecule has 0 aliphatic rings. The molecule has 0 aromatic carbocycles. The summed E-state index contributed by atoms with van der Waals surface area (Å²) in [5.74, 6) is 0. The van der Waals surface area contributed by atoms with E-state index in [1.807, 2.05) is 27.7 Å². The molecule has 0 radical (unpaired) electrons. The van der Waals surface area contributed by atoms with Gasteiger partial charge in [-0.3, -0.25) is 0 Å². The van der Waals surface area contributed by atoms with E-state index in [-0.39, 0.29) is 12.1 Å². The third-order valence-corrected chi connectivity index (χ3v) is 3.72. The molecule has 0 saturated heterocycles. The van der Waals surface area contributed by atoms with Crippen LogP contribution in [0, 0.1) is 0 Å². The average molecular weight is 329 g/mol. The molecule has 1 amide bonds. The lowest BCUT2D eigenvalue weighted by molar-refractivity contribution is 0.0506. The molecule has 2 N–H and O–H groups in total. The van der Waals surface area contributed by atoms with Crippen molar-refractivity contribution in [1.82, 2.24) is 10.6 Å². The van der Waals surface area contributed by atoms with Crippen molar-refractivity contribution in [3.05, 3.63) is 0 Å². The Morgan fingerprint density at radius 2 is 1.52 bits per heavy atom. The van der Waals surface area contributed by atoms with Crippen molar-refractivity contribution in [3.8, 4) is 0 Å². The number of rotatable bonds is 13. The number of hydrogen-bond donors (Lipinski definition) is 2. The highest BCUT2D eigenvalue weighted by Crippen LogP contribution is 2.08. The molecule has 4 nitrogen and oxygen atoms in total. The van der Waals surface area contributed by atoms with Gasteiger partial charge < -0.3 is 15.4 Å². The summed E-state index contributed by atoms with van der Waals surface area (Å²) in [6, 6.07) is 0.135. The molecule has 0 aromatic heterocycles. The Morgan fingerprint density at radius 1 is 0.957 bits per heavy atom. The zero-order chi connectivity index (χ0) is 17.6. The SMILES string of the molecule is CCCCCCCCCCNCCC(C)NC(=O)OC(C)(C)C. The molecule has 0 rings (SSSR count). The second kappa shape index (κ2) is 13.6. The van der Waals surface area contributed by atoms with Gasteiger partial charge in [0.15, 0.2) is 0 Å². The number of unbranched alkanes of at least 4 members (excludes halogenated alkanes) is 7. The second-order valence-corrected chi connectivity index (χ2v) is 7.56. The fourth-order valence-electron chi connectivity index (χ4n) is 2.41. The smallest absolute Gasteiger partial charge is 0.407 e. The molecule has 4 heteroatoms. The normalized spacial score (nSPS) is 12.9. The van der Waals surface area contributed by atoms with Crippen LogP contribution in [-0.4, -0.2) is 30.8 Å². The number of alkyl carbamates (subject to hydrolysis) is 1. The Hall–Kier alpha value is -0.770. The lowest BCUT2D eigenvalue weighted by Crippen LogP contribution is -2.39. The Morgan fingerprint density at radius 3 is 2.09 bits per heavy atom. The summed E-state index contributed by atoms with van der Waals surface area (Å²) in [5, 5.41) is 6.33. The van der Waals surface area contributed by atoms with Crippen molar-refractivity contribution in [2.75, 3.05) is 13.1 Å². The van der Waals surface area contributed by atoms with Crippen molar-refractivity contribution in [3.63, 3.8) is 0 Å². The first-order chi connectivity index (χ1) is 10.8. The average Bonchev–Trinajstić information content (AvgIpc) is 2.42. The van der Waals surface area contributed by atoms with Crippen molar-refractivity contribution in [2.24, 2.45) is 0 Å². The van der Waals surface area contributed by atoms with E-state index < -0.39 is 5.60 Å². The topological polar surface area (TPSA) is 50.4 Å². The predicted octanol–water partition coefficient (Wildman–Crippen LogP) is 5.02. The van der Waals surface area contributed by atoms with E-state index in [1.165, 1.54) is 51.4 Å². The summed E-state index contributed by atoms with van der Waals surface area (Å²) >= 11 is 0. The van der Waals surface area contributed by atoms with Gasteiger partial charge in [0, 0.05) is 6.04 Å². The lowest BCUT2D eigenvalue weighted by atomic mass is 10.1. The van der Waals surface area contributed by atoms with Gasteiger partial charge in [-0.2, -0.15) is 0 Å². The van der Waals surface area contributed by atoms with Crippen LogP contribution in [-0.2, 0) is 4.74 Å². The van der Waals surface area contributed by atoms with Gasteiger partial charge in [0.1, 0.15) is 5.60 Å². The van der Waals surface area contributed by atoms with Crippen LogP contribution in [0.15, 0.2) is 0 Å². The van der Waals surface area contributed by atoms with Crippen LogP contribution in [0.1, 0.15) is 92.4 Å². The minimum Gasteiger partial charge on any atom is -0.444 e. The minimum atomic E-state index is -0.432. The van der Waals surface area contributed by atoms with Gasteiger partial charge >= 0.3 is 6.09 Å². The Kier molecular flexibility index (Phi) is 13.2. The Labute approximate surface area is 144 Å². The molecular weight excluding hydrogens is 288 g/mol. The van der Waals surface area contributed by atoms with E-state index in [1.54, 1.807) is 0 Å². The first kappa shape index (κ1) is 22.2.